The molecule has 5 heteroatoms. The number of nitrogens with one attached hydrogen (secondary N) is 1. The summed E-state index contributed by atoms with van der Waals surface area (Å²) in [5.74, 6) is -0.465. The molecule has 1 N–H and O–H groups in total. The molecule has 0 saturated carbocycles. The maximum absolute atomic E-state index is 12.6. The maximum Gasteiger partial charge on any atom is 0.269 e. The molecule has 1 atom stereocenters. The van der Waals surface area contributed by atoms with Gasteiger partial charge in [0, 0.05) is 17.8 Å². The third-order valence-corrected chi connectivity index (χ3v) is 4.65. The number of aryl methyl sites for hydroxylation is 1. The average molecular weight is 324 g/mol. The van der Waals surface area contributed by atoms with Crippen LogP contribution in [0.3, 0.4) is 0 Å². The minimum atomic E-state index is -0.440. The minimum absolute atomic E-state index is 0.0310. The third kappa shape index (κ3) is 3.30. The molecule has 124 valence electrons. The molecule has 1 aliphatic rings. The second-order valence-electron chi connectivity index (χ2n) is 6.21. The first kappa shape index (κ1) is 16.2. The van der Waals surface area contributed by atoms with Crippen LogP contribution < -0.4 is 5.32 Å². The van der Waals surface area contributed by atoms with Crippen LogP contribution in [0.5, 0.6) is 0 Å². The summed E-state index contributed by atoms with van der Waals surface area (Å²) in [7, 11) is 0. The van der Waals surface area contributed by atoms with Crippen molar-refractivity contribution < 1.29 is 9.72 Å². The number of hydrogen-bond acceptors (Lipinski definition) is 3. The van der Waals surface area contributed by atoms with Gasteiger partial charge in [0.1, 0.15) is 0 Å². The SMILES string of the molecule is C[C@H](C(=O)Nc1cccc2c1CCCC2)c1ccc([N+](=O)[O-])cc1. The number of rotatable bonds is 4. The summed E-state index contributed by atoms with van der Waals surface area (Å²) in [6.07, 6.45) is 4.41. The van der Waals surface area contributed by atoms with Crippen molar-refractivity contribution >= 4 is 17.3 Å². The highest BCUT2D eigenvalue weighted by Gasteiger charge is 2.19. The molecule has 0 radical (unpaired) electrons. The van der Waals surface area contributed by atoms with Crippen molar-refractivity contribution in [1.82, 2.24) is 0 Å². The molecule has 0 spiro atoms. The lowest BCUT2D eigenvalue weighted by Gasteiger charge is -2.21. The molecule has 5 nitrogen and oxygen atoms in total. The Bertz CT molecular complexity index is 769. The van der Waals surface area contributed by atoms with Gasteiger partial charge in [0.25, 0.3) is 5.69 Å². The fraction of sp³-hybridized carbons (Fsp3) is 0.316. The van der Waals surface area contributed by atoms with Crippen LogP contribution in [0.2, 0.25) is 0 Å². The van der Waals surface area contributed by atoms with Gasteiger partial charge >= 0.3 is 0 Å². The molecule has 0 bridgehead atoms. The summed E-state index contributed by atoms with van der Waals surface area (Å²) < 4.78 is 0. The monoisotopic (exact) mass is 324 g/mol. The van der Waals surface area contributed by atoms with E-state index in [1.807, 2.05) is 19.1 Å². The topological polar surface area (TPSA) is 72.2 Å². The zero-order chi connectivity index (χ0) is 17.1. The number of nitro benzene ring substituents is 1. The fourth-order valence-electron chi connectivity index (χ4n) is 3.18. The van der Waals surface area contributed by atoms with Gasteiger partial charge in [0.15, 0.2) is 0 Å². The fourth-order valence-corrected chi connectivity index (χ4v) is 3.18. The summed E-state index contributed by atoms with van der Waals surface area (Å²) in [4.78, 5) is 22.9. The van der Waals surface area contributed by atoms with Gasteiger partial charge in [0.05, 0.1) is 10.8 Å². The van der Waals surface area contributed by atoms with E-state index in [0.717, 1.165) is 30.5 Å². The van der Waals surface area contributed by atoms with Gasteiger partial charge in [-0.2, -0.15) is 0 Å². The first-order chi connectivity index (χ1) is 11.6. The van der Waals surface area contributed by atoms with E-state index in [2.05, 4.69) is 11.4 Å². The van der Waals surface area contributed by atoms with Crippen molar-refractivity contribution in [3.05, 3.63) is 69.3 Å². The largest absolute Gasteiger partial charge is 0.325 e. The highest BCUT2D eigenvalue weighted by Crippen LogP contribution is 2.29. The zero-order valence-corrected chi connectivity index (χ0v) is 13.6. The van der Waals surface area contributed by atoms with Crippen molar-refractivity contribution in [3.63, 3.8) is 0 Å². The normalized spacial score (nSPS) is 14.5. The molecular formula is C19H20N2O3. The molecule has 1 aliphatic carbocycles. The Balaban J connectivity index is 1.76. The number of nitrogens with zero attached hydrogens (tertiary/aromatic N) is 1. The lowest BCUT2D eigenvalue weighted by molar-refractivity contribution is -0.384. The maximum atomic E-state index is 12.6. The second-order valence-corrected chi connectivity index (χ2v) is 6.21. The molecular weight excluding hydrogens is 304 g/mol. The Hall–Kier alpha value is -2.69. The summed E-state index contributed by atoms with van der Waals surface area (Å²) >= 11 is 0. The van der Waals surface area contributed by atoms with Gasteiger partial charge in [-0.25, -0.2) is 0 Å². The van der Waals surface area contributed by atoms with Gasteiger partial charge in [-0.15, -0.1) is 0 Å². The first-order valence-corrected chi connectivity index (χ1v) is 8.22. The first-order valence-electron chi connectivity index (χ1n) is 8.22. The molecule has 0 unspecified atom stereocenters. The summed E-state index contributed by atoms with van der Waals surface area (Å²) in [6.45, 7) is 1.81. The number of fused-ring (bicyclic) bond motifs is 1. The molecule has 0 aromatic heterocycles. The Morgan fingerprint density at radius 1 is 1.12 bits per heavy atom. The van der Waals surface area contributed by atoms with Gasteiger partial charge in [-0.1, -0.05) is 24.3 Å². The van der Waals surface area contributed by atoms with Gasteiger partial charge in [-0.05, 0) is 55.4 Å². The second kappa shape index (κ2) is 6.83. The lowest BCUT2D eigenvalue weighted by atomic mass is 9.90. The van der Waals surface area contributed by atoms with Crippen LogP contribution in [0.15, 0.2) is 42.5 Å². The van der Waals surface area contributed by atoms with Crippen molar-refractivity contribution in [2.24, 2.45) is 0 Å². The van der Waals surface area contributed by atoms with E-state index in [1.165, 1.54) is 29.7 Å². The van der Waals surface area contributed by atoms with Gasteiger partial charge < -0.3 is 5.32 Å². The quantitative estimate of drug-likeness (QED) is 0.676. The van der Waals surface area contributed by atoms with Crippen LogP contribution in [0.1, 0.15) is 42.4 Å². The number of amides is 1. The highest BCUT2D eigenvalue weighted by molar-refractivity contribution is 5.96. The van der Waals surface area contributed by atoms with Gasteiger partial charge in [0.2, 0.25) is 5.91 Å². The number of anilines is 1. The van der Waals surface area contributed by atoms with Crippen LogP contribution in [0.4, 0.5) is 11.4 Å². The number of hydrogen-bond donors (Lipinski definition) is 1. The Morgan fingerprint density at radius 3 is 2.54 bits per heavy atom. The van der Waals surface area contributed by atoms with E-state index in [4.69, 9.17) is 0 Å². The van der Waals surface area contributed by atoms with Crippen LogP contribution in [0, 0.1) is 10.1 Å². The van der Waals surface area contributed by atoms with Crippen LogP contribution in [-0.4, -0.2) is 10.8 Å². The van der Waals surface area contributed by atoms with Crippen LogP contribution in [-0.2, 0) is 17.6 Å². The van der Waals surface area contributed by atoms with E-state index < -0.39 is 4.92 Å². The summed E-state index contributed by atoms with van der Waals surface area (Å²) in [5.41, 5.74) is 4.26. The molecule has 2 aromatic rings. The molecule has 0 aliphatic heterocycles. The molecule has 1 amide bonds. The van der Waals surface area contributed by atoms with E-state index in [1.54, 1.807) is 12.1 Å². The molecule has 24 heavy (non-hydrogen) atoms. The molecule has 0 saturated heterocycles. The highest BCUT2D eigenvalue weighted by atomic mass is 16.6. The predicted octanol–water partition coefficient (Wildman–Crippen LogP) is 4.22. The number of carbonyl (C=O) groups is 1. The Morgan fingerprint density at radius 2 is 1.83 bits per heavy atom. The number of benzene rings is 2. The zero-order valence-electron chi connectivity index (χ0n) is 13.6. The van der Waals surface area contributed by atoms with E-state index in [0.29, 0.717) is 0 Å². The van der Waals surface area contributed by atoms with Crippen molar-refractivity contribution in [2.75, 3.05) is 5.32 Å². The smallest absolute Gasteiger partial charge is 0.269 e. The lowest BCUT2D eigenvalue weighted by Crippen LogP contribution is -2.20. The molecule has 0 fully saturated rings. The Kier molecular flexibility index (Phi) is 4.60. The third-order valence-electron chi connectivity index (χ3n) is 4.65. The average Bonchev–Trinajstić information content (AvgIpc) is 2.61. The molecule has 3 rings (SSSR count). The van der Waals surface area contributed by atoms with E-state index >= 15 is 0 Å². The van der Waals surface area contributed by atoms with Crippen molar-refractivity contribution in [1.29, 1.82) is 0 Å². The minimum Gasteiger partial charge on any atom is -0.325 e. The van der Waals surface area contributed by atoms with E-state index in [-0.39, 0.29) is 17.5 Å². The van der Waals surface area contributed by atoms with E-state index in [9.17, 15) is 14.9 Å². The summed E-state index contributed by atoms with van der Waals surface area (Å²) in [6, 6.07) is 12.2. The standard InChI is InChI=1S/C19H20N2O3/c1-13(14-9-11-16(12-10-14)21(23)24)19(22)20-18-8-4-6-15-5-2-3-7-17(15)18/h4,6,8-13H,2-3,5,7H2,1H3,(H,20,22)/t13-/m0/s1. The van der Waals surface area contributed by atoms with Crippen LogP contribution in [0.25, 0.3) is 0 Å². The Labute approximate surface area is 140 Å². The van der Waals surface area contributed by atoms with Crippen LogP contribution >= 0.6 is 0 Å². The number of carbonyl (C=O) groups excluding carboxylic acids is 1. The summed E-state index contributed by atoms with van der Waals surface area (Å²) in [5, 5.41) is 13.8. The number of nitro groups is 1. The van der Waals surface area contributed by atoms with Crippen molar-refractivity contribution in [3.8, 4) is 0 Å². The predicted molar refractivity (Wildman–Crippen MR) is 93.2 cm³/mol. The van der Waals surface area contributed by atoms with Gasteiger partial charge in [-0.3, -0.25) is 14.9 Å². The molecule has 0 heterocycles. The van der Waals surface area contributed by atoms with Crippen molar-refractivity contribution in [2.45, 2.75) is 38.5 Å². The number of non-ortho nitro benzene ring substituents is 1. The molecule has 2 aromatic carbocycles.